The van der Waals surface area contributed by atoms with Crippen molar-refractivity contribution in [2.24, 2.45) is 5.73 Å². The summed E-state index contributed by atoms with van der Waals surface area (Å²) in [6, 6.07) is 4.79. The van der Waals surface area contributed by atoms with Crippen LogP contribution in [0.2, 0.25) is 0 Å². The molecule has 1 unspecified atom stereocenters. The molecule has 17 heavy (non-hydrogen) atoms. The lowest BCUT2D eigenvalue weighted by Gasteiger charge is -2.15. The predicted molar refractivity (Wildman–Crippen MR) is 63.3 cm³/mol. The minimum atomic E-state index is -0.897. The maximum absolute atomic E-state index is 10.7. The summed E-state index contributed by atoms with van der Waals surface area (Å²) >= 11 is 0. The maximum atomic E-state index is 10.7. The van der Waals surface area contributed by atoms with Gasteiger partial charge in [0.1, 0.15) is 0 Å². The Labute approximate surface area is 99.8 Å². The molecular formula is C12H17NO4. The van der Waals surface area contributed by atoms with Crippen LogP contribution in [0.4, 0.5) is 0 Å². The van der Waals surface area contributed by atoms with Crippen LogP contribution in [0, 0.1) is 0 Å². The fourth-order valence-corrected chi connectivity index (χ4v) is 1.60. The Morgan fingerprint density at radius 3 is 2.76 bits per heavy atom. The fraction of sp³-hybridized carbons (Fsp3) is 0.417. The number of nitrogens with two attached hydrogens (primary N) is 1. The molecule has 0 saturated carbocycles. The van der Waals surface area contributed by atoms with Gasteiger partial charge in [0.15, 0.2) is 11.5 Å². The van der Waals surface area contributed by atoms with Gasteiger partial charge in [0.25, 0.3) is 0 Å². The Balaban J connectivity index is 2.95. The third kappa shape index (κ3) is 3.64. The number of hydrogen-bond acceptors (Lipinski definition) is 4. The van der Waals surface area contributed by atoms with Gasteiger partial charge in [-0.15, -0.1) is 0 Å². The monoisotopic (exact) mass is 239 g/mol. The molecule has 5 nitrogen and oxygen atoms in total. The standard InChI is InChI=1S/C12H17NO4/c1-2-17-11-5-8(3-4-10(11)14)9(7-13)6-12(15)16/h3-5,9,14H,2,6-7,13H2,1H3,(H,15,16). The Morgan fingerprint density at radius 2 is 2.24 bits per heavy atom. The summed E-state index contributed by atoms with van der Waals surface area (Å²) in [5.74, 6) is -0.769. The molecular weight excluding hydrogens is 222 g/mol. The summed E-state index contributed by atoms with van der Waals surface area (Å²) in [6.07, 6.45) is -0.0349. The molecule has 0 aliphatic heterocycles. The molecule has 0 spiro atoms. The van der Waals surface area contributed by atoms with Gasteiger partial charge in [0.05, 0.1) is 13.0 Å². The van der Waals surface area contributed by atoms with Crippen LogP contribution in [0.5, 0.6) is 11.5 Å². The lowest BCUT2D eigenvalue weighted by atomic mass is 9.95. The molecule has 0 radical (unpaired) electrons. The SMILES string of the molecule is CCOc1cc(C(CN)CC(=O)O)ccc1O. The van der Waals surface area contributed by atoms with Crippen LogP contribution in [-0.2, 0) is 4.79 Å². The van der Waals surface area contributed by atoms with E-state index in [9.17, 15) is 9.90 Å². The molecule has 0 heterocycles. The van der Waals surface area contributed by atoms with Crippen LogP contribution in [0.15, 0.2) is 18.2 Å². The van der Waals surface area contributed by atoms with Crippen molar-refractivity contribution < 1.29 is 19.7 Å². The van der Waals surface area contributed by atoms with Gasteiger partial charge in [-0.1, -0.05) is 6.07 Å². The van der Waals surface area contributed by atoms with Gasteiger partial charge in [-0.2, -0.15) is 0 Å². The van der Waals surface area contributed by atoms with E-state index in [1.807, 2.05) is 6.92 Å². The molecule has 0 fully saturated rings. The maximum Gasteiger partial charge on any atom is 0.304 e. The Morgan fingerprint density at radius 1 is 1.53 bits per heavy atom. The largest absolute Gasteiger partial charge is 0.504 e. The Hall–Kier alpha value is -1.75. The third-order valence-electron chi connectivity index (χ3n) is 2.46. The second-order valence-electron chi connectivity index (χ2n) is 3.69. The molecule has 4 N–H and O–H groups in total. The molecule has 0 saturated heterocycles. The van der Waals surface area contributed by atoms with Crippen molar-refractivity contribution in [3.8, 4) is 11.5 Å². The van der Waals surface area contributed by atoms with Gasteiger partial charge in [-0.25, -0.2) is 0 Å². The number of phenolic OH excluding ortho intramolecular Hbond substituents is 1. The number of phenols is 1. The molecule has 1 aromatic rings. The van der Waals surface area contributed by atoms with Crippen molar-refractivity contribution in [3.63, 3.8) is 0 Å². The minimum Gasteiger partial charge on any atom is -0.504 e. The van der Waals surface area contributed by atoms with E-state index < -0.39 is 5.97 Å². The first-order valence-corrected chi connectivity index (χ1v) is 5.46. The van der Waals surface area contributed by atoms with Gasteiger partial charge in [-0.05, 0) is 31.2 Å². The number of carboxylic acids is 1. The van der Waals surface area contributed by atoms with Gasteiger partial charge >= 0.3 is 5.97 Å². The van der Waals surface area contributed by atoms with Crippen LogP contribution in [-0.4, -0.2) is 29.3 Å². The molecule has 1 atom stereocenters. The highest BCUT2D eigenvalue weighted by molar-refractivity contribution is 5.68. The van der Waals surface area contributed by atoms with Crippen LogP contribution in [0.1, 0.15) is 24.8 Å². The van der Waals surface area contributed by atoms with Crippen molar-refractivity contribution in [2.45, 2.75) is 19.3 Å². The van der Waals surface area contributed by atoms with Gasteiger partial charge in [0.2, 0.25) is 0 Å². The summed E-state index contributed by atoms with van der Waals surface area (Å²) in [5.41, 5.74) is 6.31. The first-order chi connectivity index (χ1) is 8.08. The number of carbonyl (C=O) groups is 1. The third-order valence-corrected chi connectivity index (χ3v) is 2.46. The summed E-state index contributed by atoms with van der Waals surface area (Å²) in [7, 11) is 0. The van der Waals surface area contributed by atoms with Crippen LogP contribution < -0.4 is 10.5 Å². The second kappa shape index (κ2) is 6.10. The highest BCUT2D eigenvalue weighted by Crippen LogP contribution is 2.30. The second-order valence-corrected chi connectivity index (χ2v) is 3.69. The highest BCUT2D eigenvalue weighted by Gasteiger charge is 2.15. The van der Waals surface area contributed by atoms with Crippen LogP contribution >= 0.6 is 0 Å². The van der Waals surface area contributed by atoms with Gasteiger partial charge < -0.3 is 20.7 Å². The normalized spacial score (nSPS) is 12.1. The molecule has 0 bridgehead atoms. The Kier molecular flexibility index (Phi) is 4.78. The predicted octanol–water partition coefficient (Wildman–Crippen LogP) is 1.31. The zero-order valence-corrected chi connectivity index (χ0v) is 9.72. The number of rotatable bonds is 6. The first-order valence-electron chi connectivity index (χ1n) is 5.46. The van der Waals surface area contributed by atoms with Crippen molar-refractivity contribution >= 4 is 5.97 Å². The molecule has 94 valence electrons. The topological polar surface area (TPSA) is 92.8 Å². The smallest absolute Gasteiger partial charge is 0.304 e. The Bertz CT molecular complexity index is 392. The number of benzene rings is 1. The van der Waals surface area contributed by atoms with E-state index in [-0.39, 0.29) is 24.6 Å². The number of aliphatic carboxylic acids is 1. The molecule has 0 aromatic heterocycles. The molecule has 0 aliphatic rings. The van der Waals surface area contributed by atoms with E-state index in [0.717, 1.165) is 5.56 Å². The average molecular weight is 239 g/mol. The van der Waals surface area contributed by atoms with Crippen molar-refractivity contribution in [1.82, 2.24) is 0 Å². The van der Waals surface area contributed by atoms with E-state index in [1.54, 1.807) is 12.1 Å². The van der Waals surface area contributed by atoms with Gasteiger partial charge in [-0.3, -0.25) is 4.79 Å². The summed E-state index contributed by atoms with van der Waals surface area (Å²) in [5, 5.41) is 18.3. The van der Waals surface area contributed by atoms with E-state index in [0.29, 0.717) is 12.4 Å². The lowest BCUT2D eigenvalue weighted by Crippen LogP contribution is -2.16. The number of aromatic hydroxyl groups is 1. The summed E-state index contributed by atoms with van der Waals surface area (Å²) in [6.45, 7) is 2.48. The van der Waals surface area contributed by atoms with Crippen LogP contribution in [0.3, 0.4) is 0 Å². The molecule has 1 rings (SSSR count). The van der Waals surface area contributed by atoms with E-state index in [1.165, 1.54) is 6.07 Å². The molecule has 0 amide bonds. The quantitative estimate of drug-likeness (QED) is 0.696. The molecule has 5 heteroatoms. The van der Waals surface area contributed by atoms with Crippen LogP contribution in [0.25, 0.3) is 0 Å². The van der Waals surface area contributed by atoms with Crippen molar-refractivity contribution in [3.05, 3.63) is 23.8 Å². The summed E-state index contributed by atoms with van der Waals surface area (Å²) in [4.78, 5) is 10.7. The van der Waals surface area contributed by atoms with E-state index >= 15 is 0 Å². The minimum absolute atomic E-state index is 0.0349. The molecule has 0 aliphatic carbocycles. The van der Waals surface area contributed by atoms with Crippen molar-refractivity contribution in [2.75, 3.05) is 13.2 Å². The summed E-state index contributed by atoms with van der Waals surface area (Å²) < 4.78 is 5.24. The van der Waals surface area contributed by atoms with E-state index in [4.69, 9.17) is 15.6 Å². The zero-order chi connectivity index (χ0) is 12.8. The van der Waals surface area contributed by atoms with Gasteiger partial charge in [0, 0.05) is 5.92 Å². The van der Waals surface area contributed by atoms with Crippen molar-refractivity contribution in [1.29, 1.82) is 0 Å². The number of hydrogen-bond donors (Lipinski definition) is 3. The molecule has 1 aromatic carbocycles. The lowest BCUT2D eigenvalue weighted by molar-refractivity contribution is -0.137. The number of carboxylic acid groups (broad SMARTS) is 1. The average Bonchev–Trinajstić information content (AvgIpc) is 2.29. The highest BCUT2D eigenvalue weighted by atomic mass is 16.5. The van der Waals surface area contributed by atoms with E-state index in [2.05, 4.69) is 0 Å². The number of ether oxygens (including phenoxy) is 1. The first kappa shape index (κ1) is 13.3. The zero-order valence-electron chi connectivity index (χ0n) is 9.72. The fourth-order valence-electron chi connectivity index (χ4n) is 1.60.